The summed E-state index contributed by atoms with van der Waals surface area (Å²) in [6.07, 6.45) is 0.636. The van der Waals surface area contributed by atoms with Crippen molar-refractivity contribution in [2.45, 2.75) is 26.3 Å². The first-order chi connectivity index (χ1) is 7.90. The molecule has 0 heterocycles. The summed E-state index contributed by atoms with van der Waals surface area (Å²) in [6, 6.07) is 4.37. The number of rotatable bonds is 4. The van der Waals surface area contributed by atoms with Gasteiger partial charge in [-0.05, 0) is 30.5 Å². The molecule has 0 aliphatic carbocycles. The van der Waals surface area contributed by atoms with Crippen LogP contribution in [-0.4, -0.2) is 11.9 Å². The van der Waals surface area contributed by atoms with Crippen molar-refractivity contribution in [3.63, 3.8) is 0 Å². The summed E-state index contributed by atoms with van der Waals surface area (Å²) < 4.78 is 0. The SMILES string of the molecule is CC(C)C[C@@H](N)C(=O)Nc1ccc(Cl)cc1Cl. The highest BCUT2D eigenvalue weighted by Gasteiger charge is 2.16. The van der Waals surface area contributed by atoms with Crippen LogP contribution in [0.15, 0.2) is 18.2 Å². The molecule has 0 aliphatic rings. The molecule has 1 amide bonds. The van der Waals surface area contributed by atoms with Crippen molar-refractivity contribution in [3.8, 4) is 0 Å². The fourth-order valence-corrected chi connectivity index (χ4v) is 1.89. The molecular formula is C12H16Cl2N2O. The number of nitrogens with one attached hydrogen (secondary N) is 1. The molecule has 0 fully saturated rings. The number of hydrogen-bond donors (Lipinski definition) is 2. The largest absolute Gasteiger partial charge is 0.323 e. The van der Waals surface area contributed by atoms with E-state index in [9.17, 15) is 4.79 Å². The summed E-state index contributed by atoms with van der Waals surface area (Å²) in [5.41, 5.74) is 6.29. The van der Waals surface area contributed by atoms with Gasteiger partial charge in [0.15, 0.2) is 0 Å². The number of carbonyl (C=O) groups is 1. The molecule has 0 radical (unpaired) electrons. The highest BCUT2D eigenvalue weighted by Crippen LogP contribution is 2.25. The van der Waals surface area contributed by atoms with E-state index < -0.39 is 6.04 Å². The molecule has 1 aromatic carbocycles. The molecule has 1 aromatic rings. The average Bonchev–Trinajstić information content (AvgIpc) is 2.21. The number of nitrogens with two attached hydrogens (primary N) is 1. The quantitative estimate of drug-likeness (QED) is 0.885. The van der Waals surface area contributed by atoms with E-state index in [0.717, 1.165) is 0 Å². The van der Waals surface area contributed by atoms with Crippen LogP contribution in [0.3, 0.4) is 0 Å². The molecule has 3 nitrogen and oxygen atoms in total. The first-order valence-electron chi connectivity index (χ1n) is 5.41. The van der Waals surface area contributed by atoms with E-state index in [1.165, 1.54) is 0 Å². The van der Waals surface area contributed by atoms with Crippen molar-refractivity contribution >= 4 is 34.8 Å². The first kappa shape index (κ1) is 14.3. The fourth-order valence-electron chi connectivity index (χ4n) is 1.43. The van der Waals surface area contributed by atoms with Crippen LogP contribution in [0.4, 0.5) is 5.69 Å². The highest BCUT2D eigenvalue weighted by atomic mass is 35.5. The Hall–Kier alpha value is -0.770. The van der Waals surface area contributed by atoms with Crippen molar-refractivity contribution < 1.29 is 4.79 Å². The molecule has 0 spiro atoms. The Bertz CT molecular complexity index is 407. The Morgan fingerprint density at radius 3 is 2.59 bits per heavy atom. The van der Waals surface area contributed by atoms with Crippen LogP contribution >= 0.6 is 23.2 Å². The van der Waals surface area contributed by atoms with Gasteiger partial charge in [-0.2, -0.15) is 0 Å². The van der Waals surface area contributed by atoms with Crippen LogP contribution in [0.2, 0.25) is 10.0 Å². The van der Waals surface area contributed by atoms with Crippen LogP contribution in [0.5, 0.6) is 0 Å². The lowest BCUT2D eigenvalue weighted by Crippen LogP contribution is -2.36. The third-order valence-corrected chi connectivity index (χ3v) is 2.80. The van der Waals surface area contributed by atoms with Crippen molar-refractivity contribution in [2.24, 2.45) is 11.7 Å². The maximum Gasteiger partial charge on any atom is 0.241 e. The number of carbonyl (C=O) groups excluding carboxylic acids is 1. The summed E-state index contributed by atoms with van der Waals surface area (Å²) in [5.74, 6) is 0.138. The van der Waals surface area contributed by atoms with E-state index in [4.69, 9.17) is 28.9 Å². The normalized spacial score (nSPS) is 12.6. The molecule has 1 rings (SSSR count). The van der Waals surface area contributed by atoms with Gasteiger partial charge >= 0.3 is 0 Å². The molecular weight excluding hydrogens is 259 g/mol. The molecule has 0 bridgehead atoms. The van der Waals surface area contributed by atoms with Crippen LogP contribution in [-0.2, 0) is 4.79 Å². The Morgan fingerprint density at radius 1 is 1.41 bits per heavy atom. The molecule has 0 aliphatic heterocycles. The molecule has 94 valence electrons. The summed E-state index contributed by atoms with van der Waals surface area (Å²) in [5, 5.41) is 3.62. The number of hydrogen-bond acceptors (Lipinski definition) is 2. The zero-order chi connectivity index (χ0) is 13.0. The lowest BCUT2D eigenvalue weighted by Gasteiger charge is -2.14. The van der Waals surface area contributed by atoms with Gasteiger partial charge in [0, 0.05) is 5.02 Å². The molecule has 5 heteroatoms. The average molecular weight is 275 g/mol. The molecule has 0 unspecified atom stereocenters. The Balaban J connectivity index is 2.67. The lowest BCUT2D eigenvalue weighted by atomic mass is 10.0. The van der Waals surface area contributed by atoms with Gasteiger partial charge in [-0.1, -0.05) is 37.0 Å². The van der Waals surface area contributed by atoms with E-state index in [1.807, 2.05) is 13.8 Å². The van der Waals surface area contributed by atoms with Crippen molar-refractivity contribution in [1.29, 1.82) is 0 Å². The van der Waals surface area contributed by atoms with Crippen molar-refractivity contribution in [2.75, 3.05) is 5.32 Å². The predicted octanol–water partition coefficient (Wildman–Crippen LogP) is 3.31. The summed E-state index contributed by atoms with van der Waals surface area (Å²) >= 11 is 11.7. The van der Waals surface area contributed by atoms with Gasteiger partial charge in [0.25, 0.3) is 0 Å². The van der Waals surface area contributed by atoms with E-state index >= 15 is 0 Å². The van der Waals surface area contributed by atoms with Gasteiger partial charge in [0.1, 0.15) is 0 Å². The van der Waals surface area contributed by atoms with Crippen molar-refractivity contribution in [1.82, 2.24) is 0 Å². The standard InChI is InChI=1S/C12H16Cl2N2O/c1-7(2)5-10(15)12(17)16-11-4-3-8(13)6-9(11)14/h3-4,6-7,10H,5,15H2,1-2H3,(H,16,17)/t10-/m1/s1. The number of halogens is 2. The maximum absolute atomic E-state index is 11.8. The Morgan fingerprint density at radius 2 is 2.06 bits per heavy atom. The second-order valence-corrected chi connectivity index (χ2v) is 5.19. The maximum atomic E-state index is 11.8. The fraction of sp³-hybridized carbons (Fsp3) is 0.417. The lowest BCUT2D eigenvalue weighted by molar-refractivity contribution is -0.117. The smallest absolute Gasteiger partial charge is 0.241 e. The Kier molecular flexibility index (Phi) is 5.25. The zero-order valence-electron chi connectivity index (χ0n) is 9.84. The minimum Gasteiger partial charge on any atom is -0.323 e. The Labute approximate surface area is 111 Å². The van der Waals surface area contributed by atoms with Gasteiger partial charge in [0.05, 0.1) is 16.8 Å². The zero-order valence-corrected chi connectivity index (χ0v) is 11.3. The second kappa shape index (κ2) is 6.24. The van der Waals surface area contributed by atoms with Gasteiger partial charge in [-0.25, -0.2) is 0 Å². The van der Waals surface area contributed by atoms with Crippen molar-refractivity contribution in [3.05, 3.63) is 28.2 Å². The monoisotopic (exact) mass is 274 g/mol. The molecule has 17 heavy (non-hydrogen) atoms. The van der Waals surface area contributed by atoms with Gasteiger partial charge in [-0.15, -0.1) is 0 Å². The van der Waals surface area contributed by atoms with Gasteiger partial charge in [-0.3, -0.25) is 4.79 Å². The number of benzene rings is 1. The molecule has 3 N–H and O–H groups in total. The van der Waals surface area contributed by atoms with Crippen LogP contribution in [0.25, 0.3) is 0 Å². The number of anilines is 1. The first-order valence-corrected chi connectivity index (χ1v) is 6.17. The van der Waals surface area contributed by atoms with E-state index in [0.29, 0.717) is 28.1 Å². The highest BCUT2D eigenvalue weighted by molar-refractivity contribution is 6.36. The van der Waals surface area contributed by atoms with Gasteiger partial charge in [0.2, 0.25) is 5.91 Å². The summed E-state index contributed by atoms with van der Waals surface area (Å²) in [7, 11) is 0. The topological polar surface area (TPSA) is 55.1 Å². The van der Waals surface area contributed by atoms with Gasteiger partial charge < -0.3 is 11.1 Å². The van der Waals surface area contributed by atoms with E-state index in [-0.39, 0.29) is 5.91 Å². The minimum absolute atomic E-state index is 0.233. The van der Waals surface area contributed by atoms with E-state index in [2.05, 4.69) is 5.32 Å². The molecule has 0 saturated carbocycles. The second-order valence-electron chi connectivity index (χ2n) is 4.35. The molecule has 0 aromatic heterocycles. The number of amides is 1. The summed E-state index contributed by atoms with van der Waals surface area (Å²) in [6.45, 7) is 4.03. The van der Waals surface area contributed by atoms with E-state index in [1.54, 1.807) is 18.2 Å². The van der Waals surface area contributed by atoms with Crippen LogP contribution in [0, 0.1) is 5.92 Å². The van der Waals surface area contributed by atoms with Crippen LogP contribution < -0.4 is 11.1 Å². The molecule has 0 saturated heterocycles. The predicted molar refractivity (Wildman–Crippen MR) is 72.5 cm³/mol. The molecule has 1 atom stereocenters. The minimum atomic E-state index is -0.526. The third-order valence-electron chi connectivity index (χ3n) is 2.25. The van der Waals surface area contributed by atoms with Crippen LogP contribution in [0.1, 0.15) is 20.3 Å². The third kappa shape index (κ3) is 4.54. The summed E-state index contributed by atoms with van der Waals surface area (Å²) in [4.78, 5) is 11.8.